The summed E-state index contributed by atoms with van der Waals surface area (Å²) in [6.45, 7) is 4.18. The minimum Gasteiger partial charge on any atom is -0.426 e. The van der Waals surface area contributed by atoms with Crippen molar-refractivity contribution >= 4 is 51.8 Å². The number of rotatable bonds is 4. The van der Waals surface area contributed by atoms with Gasteiger partial charge in [-0.2, -0.15) is 0 Å². The fourth-order valence-electron chi connectivity index (χ4n) is 5.67. The Balaban J connectivity index is 1.67. The highest BCUT2D eigenvalue weighted by atomic mass is 16.6. The molecule has 4 aromatic rings. The maximum atomic E-state index is 13.2. The Morgan fingerprint density at radius 1 is 0.842 bits per heavy atom. The largest absolute Gasteiger partial charge is 0.495 e. The molecule has 8 heteroatoms. The van der Waals surface area contributed by atoms with Crippen LogP contribution in [-0.2, 0) is 30.1 Å². The van der Waals surface area contributed by atoms with Gasteiger partial charge in [0, 0.05) is 48.6 Å². The van der Waals surface area contributed by atoms with Gasteiger partial charge in [0.15, 0.2) is 5.78 Å². The van der Waals surface area contributed by atoms with Crippen LogP contribution in [0, 0.1) is 0 Å². The molecule has 190 valence electrons. The van der Waals surface area contributed by atoms with Gasteiger partial charge >= 0.3 is 19.1 Å². The Labute approximate surface area is 219 Å². The summed E-state index contributed by atoms with van der Waals surface area (Å²) in [6.07, 6.45) is -0.271. The zero-order valence-corrected chi connectivity index (χ0v) is 21.3. The standard InChI is InChI=1S/C30H25BO7/c1-17(32)30-15-25-27(26(16-30)37-31(38-30)22-11-5-4-6-12-22)29(36-19(3)34)24-14-21-10-8-7-9-20(21)13-23(24)28(25)35-18(2)33/h4-14,26H,15-16H2,1-3H3/t26-,30-/m0/s1. The molecular weight excluding hydrogens is 483 g/mol. The van der Waals surface area contributed by atoms with Gasteiger partial charge in [-0.05, 0) is 35.3 Å². The average Bonchev–Trinajstić information content (AvgIpc) is 2.89. The maximum Gasteiger partial charge on any atom is 0.495 e. The third-order valence-electron chi connectivity index (χ3n) is 7.34. The van der Waals surface area contributed by atoms with E-state index in [9.17, 15) is 14.4 Å². The molecule has 2 atom stereocenters. The zero-order chi connectivity index (χ0) is 26.6. The van der Waals surface area contributed by atoms with E-state index < -0.39 is 30.8 Å². The molecule has 0 saturated carbocycles. The fourth-order valence-corrected chi connectivity index (χ4v) is 5.67. The van der Waals surface area contributed by atoms with Crippen LogP contribution in [0.1, 0.15) is 44.4 Å². The molecule has 0 amide bonds. The number of esters is 2. The second kappa shape index (κ2) is 9.08. The van der Waals surface area contributed by atoms with Gasteiger partial charge in [-0.3, -0.25) is 14.4 Å². The van der Waals surface area contributed by atoms with E-state index in [0.717, 1.165) is 16.2 Å². The normalized spacial score (nSPS) is 20.2. The van der Waals surface area contributed by atoms with Crippen LogP contribution in [0.3, 0.4) is 0 Å². The number of carbonyl (C=O) groups excluding carboxylic acids is 3. The van der Waals surface area contributed by atoms with Gasteiger partial charge < -0.3 is 18.8 Å². The molecule has 0 aromatic heterocycles. The number of Topliss-reactive ketones (excluding diaryl/α,β-unsaturated/α-hetero) is 1. The van der Waals surface area contributed by atoms with E-state index in [1.54, 1.807) is 0 Å². The number of carbonyl (C=O) groups is 3. The second-order valence-electron chi connectivity index (χ2n) is 9.90. The third kappa shape index (κ3) is 3.97. The first-order valence-electron chi connectivity index (χ1n) is 12.5. The minimum atomic E-state index is -1.21. The van der Waals surface area contributed by atoms with Crippen LogP contribution in [-0.4, -0.2) is 30.4 Å². The molecule has 1 heterocycles. The first-order valence-corrected chi connectivity index (χ1v) is 12.5. The van der Waals surface area contributed by atoms with Crippen molar-refractivity contribution in [1.82, 2.24) is 0 Å². The quantitative estimate of drug-likeness (QED) is 0.172. The number of fused-ring (bicyclic) bond motifs is 6. The molecule has 0 unspecified atom stereocenters. The molecule has 1 aliphatic carbocycles. The Morgan fingerprint density at radius 3 is 2.03 bits per heavy atom. The molecule has 2 bridgehead atoms. The maximum absolute atomic E-state index is 13.2. The Hall–Kier alpha value is -4.01. The Bertz CT molecular complexity index is 1630. The lowest BCUT2D eigenvalue weighted by atomic mass is 9.67. The molecule has 7 nitrogen and oxygen atoms in total. The van der Waals surface area contributed by atoms with Crippen LogP contribution in [0.4, 0.5) is 0 Å². The molecule has 0 spiro atoms. The number of benzene rings is 4. The van der Waals surface area contributed by atoms with Crippen LogP contribution in [0.25, 0.3) is 21.5 Å². The minimum absolute atomic E-state index is 0.139. The van der Waals surface area contributed by atoms with E-state index >= 15 is 0 Å². The second-order valence-corrected chi connectivity index (χ2v) is 9.90. The van der Waals surface area contributed by atoms with Gasteiger partial charge in [0.05, 0.1) is 6.10 Å². The fraction of sp³-hybridized carbons (Fsp3) is 0.233. The molecule has 4 aromatic carbocycles. The van der Waals surface area contributed by atoms with E-state index in [4.69, 9.17) is 18.8 Å². The summed E-state index contributed by atoms with van der Waals surface area (Å²) >= 11 is 0. The van der Waals surface area contributed by atoms with Crippen molar-refractivity contribution in [3.63, 3.8) is 0 Å². The lowest BCUT2D eigenvalue weighted by molar-refractivity contribution is -0.144. The summed E-state index contributed by atoms with van der Waals surface area (Å²) in [6, 6.07) is 21.0. The highest BCUT2D eigenvalue weighted by Gasteiger charge is 2.54. The molecule has 1 aliphatic heterocycles. The van der Waals surface area contributed by atoms with Crippen LogP contribution >= 0.6 is 0 Å². The van der Waals surface area contributed by atoms with Crippen LogP contribution in [0.5, 0.6) is 11.5 Å². The predicted octanol–water partition coefficient (Wildman–Crippen LogP) is 4.60. The van der Waals surface area contributed by atoms with Crippen molar-refractivity contribution in [3.05, 3.63) is 77.9 Å². The molecule has 1 fully saturated rings. The number of hydrogen-bond donors (Lipinski definition) is 0. The van der Waals surface area contributed by atoms with Crippen LogP contribution in [0.15, 0.2) is 66.7 Å². The van der Waals surface area contributed by atoms with Crippen molar-refractivity contribution in [2.45, 2.75) is 45.3 Å². The van der Waals surface area contributed by atoms with Gasteiger partial charge in [-0.25, -0.2) is 0 Å². The smallest absolute Gasteiger partial charge is 0.426 e. The van der Waals surface area contributed by atoms with E-state index in [0.29, 0.717) is 33.4 Å². The lowest BCUT2D eigenvalue weighted by Crippen LogP contribution is -2.58. The van der Waals surface area contributed by atoms with Gasteiger partial charge in [0.25, 0.3) is 0 Å². The summed E-state index contributed by atoms with van der Waals surface area (Å²) in [5.41, 5.74) is 0.730. The summed E-state index contributed by atoms with van der Waals surface area (Å²) in [4.78, 5) is 37.9. The van der Waals surface area contributed by atoms with E-state index in [1.807, 2.05) is 66.7 Å². The third-order valence-corrected chi connectivity index (χ3v) is 7.34. The van der Waals surface area contributed by atoms with Gasteiger partial charge in [-0.1, -0.05) is 54.6 Å². The van der Waals surface area contributed by atoms with Crippen molar-refractivity contribution in [3.8, 4) is 11.5 Å². The molecule has 0 radical (unpaired) electrons. The molecule has 6 rings (SSSR count). The number of ether oxygens (including phenoxy) is 2. The molecule has 0 N–H and O–H groups in total. The first-order chi connectivity index (χ1) is 18.3. The topological polar surface area (TPSA) is 88.1 Å². The Kier molecular flexibility index (Phi) is 5.81. The van der Waals surface area contributed by atoms with Crippen molar-refractivity contribution in [2.24, 2.45) is 0 Å². The van der Waals surface area contributed by atoms with Crippen molar-refractivity contribution < 1.29 is 33.2 Å². The predicted molar refractivity (Wildman–Crippen MR) is 143 cm³/mol. The van der Waals surface area contributed by atoms with E-state index in [-0.39, 0.29) is 18.6 Å². The molecule has 38 heavy (non-hydrogen) atoms. The van der Waals surface area contributed by atoms with Gasteiger partial charge in [0.2, 0.25) is 0 Å². The molecule has 1 saturated heterocycles. The molecular formula is C30H25BO7. The van der Waals surface area contributed by atoms with Crippen LogP contribution in [0.2, 0.25) is 0 Å². The summed E-state index contributed by atoms with van der Waals surface area (Å²) in [5, 5.41) is 3.09. The highest BCUT2D eigenvalue weighted by molar-refractivity contribution is 6.61. The Morgan fingerprint density at radius 2 is 1.42 bits per heavy atom. The first kappa shape index (κ1) is 24.3. The van der Waals surface area contributed by atoms with Crippen LogP contribution < -0.4 is 14.9 Å². The van der Waals surface area contributed by atoms with Gasteiger partial charge in [0.1, 0.15) is 17.1 Å². The SMILES string of the molecule is CC(=O)Oc1c2c(c(OC(C)=O)c3cc4ccccc4cc13)[C@@H]1C[C@](C(C)=O)(C2)OB(c2ccccc2)O1. The number of hydrogen-bond acceptors (Lipinski definition) is 7. The highest BCUT2D eigenvalue weighted by Crippen LogP contribution is 2.54. The molecule has 2 aliphatic rings. The summed E-state index contributed by atoms with van der Waals surface area (Å²) in [7, 11) is -0.804. The van der Waals surface area contributed by atoms with Crippen molar-refractivity contribution in [1.29, 1.82) is 0 Å². The van der Waals surface area contributed by atoms with E-state index in [1.165, 1.54) is 20.8 Å². The average molecular weight is 508 g/mol. The summed E-state index contributed by atoms with van der Waals surface area (Å²) in [5.74, 6) is -0.473. The van der Waals surface area contributed by atoms with Crippen molar-refractivity contribution in [2.75, 3.05) is 0 Å². The van der Waals surface area contributed by atoms with Gasteiger partial charge in [-0.15, -0.1) is 0 Å². The monoisotopic (exact) mass is 508 g/mol. The zero-order valence-electron chi connectivity index (χ0n) is 21.3. The lowest BCUT2D eigenvalue weighted by Gasteiger charge is -2.47. The van der Waals surface area contributed by atoms with E-state index in [2.05, 4.69) is 0 Å². The number of ketones is 1. The summed E-state index contributed by atoms with van der Waals surface area (Å²) < 4.78 is 24.6.